The Balaban J connectivity index is 2.21. The Kier molecular flexibility index (Phi) is 3.62. The number of rotatable bonds is 3. The van der Waals surface area contributed by atoms with Crippen molar-refractivity contribution in [1.82, 2.24) is 5.32 Å². The highest BCUT2D eigenvalue weighted by molar-refractivity contribution is 5.30. The van der Waals surface area contributed by atoms with Crippen molar-refractivity contribution in [2.24, 2.45) is 0 Å². The summed E-state index contributed by atoms with van der Waals surface area (Å²) in [6.45, 7) is 2.97. The van der Waals surface area contributed by atoms with Gasteiger partial charge in [-0.15, -0.1) is 0 Å². The second-order valence-corrected chi connectivity index (χ2v) is 4.30. The van der Waals surface area contributed by atoms with Crippen molar-refractivity contribution in [3.05, 3.63) is 47.2 Å². The Labute approximate surface area is 97.3 Å². The quantitative estimate of drug-likeness (QED) is 0.840. The predicted octanol–water partition coefficient (Wildman–Crippen LogP) is 2.95. The maximum absolute atomic E-state index is 5.41. The van der Waals surface area contributed by atoms with Gasteiger partial charge in [0.25, 0.3) is 0 Å². The van der Waals surface area contributed by atoms with Crippen LogP contribution < -0.4 is 5.32 Å². The Hall–Kier alpha value is -1.28. The average molecular weight is 217 g/mol. The third-order valence-electron chi connectivity index (χ3n) is 3.03. The first-order valence-electron chi connectivity index (χ1n) is 5.85. The second-order valence-electron chi connectivity index (χ2n) is 4.30. The van der Waals surface area contributed by atoms with Crippen LogP contribution in [0, 0.1) is 6.92 Å². The molecule has 1 aromatic carbocycles. The van der Waals surface area contributed by atoms with Gasteiger partial charge in [-0.1, -0.05) is 29.8 Å². The highest BCUT2D eigenvalue weighted by atomic mass is 16.5. The SMILES string of the molecule is CNC(C1=COCCC1)c1ccc(C)cc1. The third kappa shape index (κ3) is 2.45. The maximum Gasteiger partial charge on any atom is 0.0876 e. The Morgan fingerprint density at radius 3 is 2.56 bits per heavy atom. The van der Waals surface area contributed by atoms with Gasteiger partial charge in [0, 0.05) is 0 Å². The van der Waals surface area contributed by atoms with E-state index in [-0.39, 0.29) is 0 Å². The fraction of sp³-hybridized carbons (Fsp3) is 0.429. The van der Waals surface area contributed by atoms with E-state index in [1.807, 2.05) is 13.3 Å². The zero-order chi connectivity index (χ0) is 11.4. The zero-order valence-corrected chi connectivity index (χ0v) is 9.99. The van der Waals surface area contributed by atoms with Gasteiger partial charge in [0.15, 0.2) is 0 Å². The van der Waals surface area contributed by atoms with Gasteiger partial charge < -0.3 is 10.1 Å². The molecule has 2 heteroatoms. The van der Waals surface area contributed by atoms with Crippen molar-refractivity contribution < 1.29 is 4.74 Å². The number of aryl methyl sites for hydroxylation is 1. The van der Waals surface area contributed by atoms with E-state index in [2.05, 4.69) is 36.5 Å². The molecule has 0 aromatic heterocycles. The van der Waals surface area contributed by atoms with Gasteiger partial charge in [0.2, 0.25) is 0 Å². The lowest BCUT2D eigenvalue weighted by Gasteiger charge is -2.23. The molecular formula is C14H19NO. The van der Waals surface area contributed by atoms with E-state index in [9.17, 15) is 0 Å². The van der Waals surface area contributed by atoms with Crippen LogP contribution in [0.15, 0.2) is 36.1 Å². The van der Waals surface area contributed by atoms with Gasteiger partial charge in [-0.05, 0) is 37.9 Å². The molecule has 16 heavy (non-hydrogen) atoms. The summed E-state index contributed by atoms with van der Waals surface area (Å²) in [7, 11) is 2.00. The van der Waals surface area contributed by atoms with Crippen molar-refractivity contribution in [1.29, 1.82) is 0 Å². The molecule has 2 rings (SSSR count). The first-order chi connectivity index (χ1) is 7.81. The molecular weight excluding hydrogens is 198 g/mol. The van der Waals surface area contributed by atoms with Gasteiger partial charge in [-0.2, -0.15) is 0 Å². The first-order valence-corrected chi connectivity index (χ1v) is 5.85. The number of likely N-dealkylation sites (N-methyl/N-ethyl adjacent to an activating group) is 1. The van der Waals surface area contributed by atoms with Crippen LogP contribution in [0.2, 0.25) is 0 Å². The van der Waals surface area contributed by atoms with Crippen LogP contribution in [-0.2, 0) is 4.74 Å². The van der Waals surface area contributed by atoms with E-state index in [4.69, 9.17) is 4.74 Å². The number of nitrogens with one attached hydrogen (secondary N) is 1. The minimum absolute atomic E-state index is 0.292. The molecule has 0 radical (unpaired) electrons. The molecule has 0 saturated heterocycles. The second kappa shape index (κ2) is 5.17. The summed E-state index contributed by atoms with van der Waals surface area (Å²) in [5, 5.41) is 3.36. The highest BCUT2D eigenvalue weighted by Crippen LogP contribution is 2.27. The molecule has 0 amide bonds. The summed E-state index contributed by atoms with van der Waals surface area (Å²) in [5.41, 5.74) is 3.95. The monoisotopic (exact) mass is 217 g/mol. The van der Waals surface area contributed by atoms with E-state index < -0.39 is 0 Å². The van der Waals surface area contributed by atoms with E-state index in [1.165, 1.54) is 16.7 Å². The van der Waals surface area contributed by atoms with E-state index >= 15 is 0 Å². The fourth-order valence-corrected chi connectivity index (χ4v) is 2.12. The highest BCUT2D eigenvalue weighted by Gasteiger charge is 2.16. The average Bonchev–Trinajstić information content (AvgIpc) is 2.34. The van der Waals surface area contributed by atoms with Gasteiger partial charge >= 0.3 is 0 Å². The van der Waals surface area contributed by atoms with Crippen LogP contribution >= 0.6 is 0 Å². The lowest BCUT2D eigenvalue weighted by atomic mass is 9.95. The van der Waals surface area contributed by atoms with Crippen LogP contribution in [0.5, 0.6) is 0 Å². The smallest absolute Gasteiger partial charge is 0.0876 e. The summed E-state index contributed by atoms with van der Waals surface area (Å²) < 4.78 is 5.41. The molecule has 1 aliphatic heterocycles. The van der Waals surface area contributed by atoms with Gasteiger partial charge in [0.1, 0.15) is 0 Å². The van der Waals surface area contributed by atoms with E-state index in [1.54, 1.807) is 0 Å². The first kappa shape index (κ1) is 11.2. The number of hydrogen-bond donors (Lipinski definition) is 1. The summed E-state index contributed by atoms with van der Waals surface area (Å²) in [6.07, 6.45) is 4.17. The molecule has 1 aromatic rings. The number of ether oxygens (including phenoxy) is 1. The topological polar surface area (TPSA) is 21.3 Å². The van der Waals surface area contributed by atoms with Crippen molar-refractivity contribution >= 4 is 0 Å². The minimum atomic E-state index is 0.292. The van der Waals surface area contributed by atoms with Crippen molar-refractivity contribution in [3.8, 4) is 0 Å². The molecule has 0 fully saturated rings. The molecule has 1 unspecified atom stereocenters. The van der Waals surface area contributed by atoms with Crippen molar-refractivity contribution in [2.75, 3.05) is 13.7 Å². The molecule has 1 aliphatic rings. The Bertz CT molecular complexity index is 367. The van der Waals surface area contributed by atoms with Crippen LogP contribution in [0.1, 0.15) is 30.0 Å². The lowest BCUT2D eigenvalue weighted by Crippen LogP contribution is -2.20. The Morgan fingerprint density at radius 2 is 2.00 bits per heavy atom. The summed E-state index contributed by atoms with van der Waals surface area (Å²) in [4.78, 5) is 0. The molecule has 86 valence electrons. The molecule has 0 saturated carbocycles. The molecule has 2 nitrogen and oxygen atoms in total. The van der Waals surface area contributed by atoms with Crippen LogP contribution in [0.25, 0.3) is 0 Å². The van der Waals surface area contributed by atoms with E-state index in [0.717, 1.165) is 19.4 Å². The van der Waals surface area contributed by atoms with Crippen LogP contribution in [-0.4, -0.2) is 13.7 Å². The largest absolute Gasteiger partial charge is 0.501 e. The molecule has 1 heterocycles. The molecule has 1 N–H and O–H groups in total. The molecule has 1 atom stereocenters. The van der Waals surface area contributed by atoms with Crippen molar-refractivity contribution in [3.63, 3.8) is 0 Å². The number of hydrogen-bond acceptors (Lipinski definition) is 2. The minimum Gasteiger partial charge on any atom is -0.501 e. The van der Waals surface area contributed by atoms with Gasteiger partial charge in [0.05, 0.1) is 18.9 Å². The lowest BCUT2D eigenvalue weighted by molar-refractivity contribution is 0.220. The summed E-state index contributed by atoms with van der Waals surface area (Å²) in [6, 6.07) is 8.98. The van der Waals surface area contributed by atoms with Gasteiger partial charge in [-0.3, -0.25) is 0 Å². The Morgan fingerprint density at radius 1 is 1.25 bits per heavy atom. The predicted molar refractivity (Wildman–Crippen MR) is 66.2 cm³/mol. The van der Waals surface area contributed by atoms with Crippen molar-refractivity contribution in [2.45, 2.75) is 25.8 Å². The van der Waals surface area contributed by atoms with Gasteiger partial charge in [-0.25, -0.2) is 0 Å². The summed E-state index contributed by atoms with van der Waals surface area (Å²) >= 11 is 0. The zero-order valence-electron chi connectivity index (χ0n) is 9.99. The summed E-state index contributed by atoms with van der Waals surface area (Å²) in [5.74, 6) is 0. The third-order valence-corrected chi connectivity index (χ3v) is 3.03. The normalized spacial score (nSPS) is 17.5. The van der Waals surface area contributed by atoms with E-state index in [0.29, 0.717) is 6.04 Å². The maximum atomic E-state index is 5.41. The van der Waals surface area contributed by atoms with Crippen LogP contribution in [0.4, 0.5) is 0 Å². The fourth-order valence-electron chi connectivity index (χ4n) is 2.12. The molecule has 0 spiro atoms. The molecule has 0 aliphatic carbocycles. The molecule has 0 bridgehead atoms. The number of benzene rings is 1. The standard InChI is InChI=1S/C14H19NO/c1-11-5-7-12(8-6-11)14(15-2)13-4-3-9-16-10-13/h5-8,10,14-15H,3-4,9H2,1-2H3. The van der Waals surface area contributed by atoms with Crippen LogP contribution in [0.3, 0.4) is 0 Å².